The normalized spacial score (nSPS) is 20.2. The molecular formula is C12H27N3O3. The van der Waals surface area contributed by atoms with Crippen LogP contribution in [-0.4, -0.2) is 94.4 Å². The van der Waals surface area contributed by atoms with Crippen LogP contribution in [0.15, 0.2) is 0 Å². The number of hydrogen-bond donors (Lipinski definition) is 2. The van der Waals surface area contributed by atoms with Gasteiger partial charge in [-0.15, -0.1) is 0 Å². The van der Waals surface area contributed by atoms with Gasteiger partial charge in [0.25, 0.3) is 0 Å². The van der Waals surface area contributed by atoms with Gasteiger partial charge in [-0.1, -0.05) is 0 Å². The summed E-state index contributed by atoms with van der Waals surface area (Å²) >= 11 is 0. The van der Waals surface area contributed by atoms with Crippen LogP contribution in [0.25, 0.3) is 0 Å². The molecule has 6 heteroatoms. The third kappa shape index (κ3) is 7.25. The van der Waals surface area contributed by atoms with E-state index in [0.29, 0.717) is 19.8 Å². The largest absolute Gasteiger partial charge is 0.378 e. The Morgan fingerprint density at radius 3 is 2.44 bits per heavy atom. The summed E-state index contributed by atoms with van der Waals surface area (Å²) in [7, 11) is 3.85. The van der Waals surface area contributed by atoms with E-state index >= 15 is 0 Å². The molecule has 0 radical (unpaired) electrons. The van der Waals surface area contributed by atoms with Crippen LogP contribution < -0.4 is 5.32 Å². The average Bonchev–Trinajstić information content (AvgIpc) is 2.39. The molecule has 108 valence electrons. The van der Waals surface area contributed by atoms with E-state index in [-0.39, 0.29) is 0 Å². The zero-order valence-corrected chi connectivity index (χ0v) is 11.6. The molecule has 0 spiro atoms. The molecule has 1 fully saturated rings. The fraction of sp³-hybridized carbons (Fsp3) is 1.00. The van der Waals surface area contributed by atoms with Crippen LogP contribution in [0.5, 0.6) is 0 Å². The van der Waals surface area contributed by atoms with Crippen molar-refractivity contribution in [2.45, 2.75) is 6.23 Å². The molecule has 0 amide bonds. The lowest BCUT2D eigenvalue weighted by molar-refractivity contribution is -0.00861. The summed E-state index contributed by atoms with van der Waals surface area (Å²) in [5, 5.41) is 11.9. The number of piperazine rings is 1. The topological polar surface area (TPSA) is 57.2 Å². The maximum atomic E-state index is 9.16. The summed E-state index contributed by atoms with van der Waals surface area (Å²) in [6, 6.07) is 0. The number of ether oxygens (including phenoxy) is 2. The number of rotatable bonds is 9. The SMILES string of the molecule is CNC(O)COCCOCCN1CCN(C)CC1. The second-order valence-electron chi connectivity index (χ2n) is 4.64. The van der Waals surface area contributed by atoms with Gasteiger partial charge in [0.1, 0.15) is 6.23 Å². The molecule has 1 atom stereocenters. The van der Waals surface area contributed by atoms with Gasteiger partial charge in [0.2, 0.25) is 0 Å². The van der Waals surface area contributed by atoms with Crippen LogP contribution >= 0.6 is 0 Å². The molecule has 0 bridgehead atoms. The lowest BCUT2D eigenvalue weighted by Gasteiger charge is -2.32. The molecule has 6 nitrogen and oxygen atoms in total. The Morgan fingerprint density at radius 2 is 1.78 bits per heavy atom. The first-order valence-electron chi connectivity index (χ1n) is 6.64. The molecular weight excluding hydrogens is 234 g/mol. The molecule has 0 aromatic heterocycles. The first kappa shape index (κ1) is 15.8. The number of nitrogens with zero attached hydrogens (tertiary/aromatic N) is 2. The monoisotopic (exact) mass is 261 g/mol. The van der Waals surface area contributed by atoms with Gasteiger partial charge >= 0.3 is 0 Å². The molecule has 1 aliphatic rings. The van der Waals surface area contributed by atoms with E-state index in [1.165, 1.54) is 0 Å². The molecule has 1 rings (SSSR count). The van der Waals surface area contributed by atoms with E-state index < -0.39 is 6.23 Å². The molecule has 18 heavy (non-hydrogen) atoms. The Kier molecular flexibility index (Phi) is 8.49. The Bertz CT molecular complexity index is 199. The Morgan fingerprint density at radius 1 is 1.11 bits per heavy atom. The summed E-state index contributed by atoms with van der Waals surface area (Å²) in [4.78, 5) is 4.77. The highest BCUT2D eigenvalue weighted by Gasteiger charge is 2.12. The molecule has 0 aromatic carbocycles. The number of hydrogen-bond acceptors (Lipinski definition) is 6. The van der Waals surface area contributed by atoms with Crippen LogP contribution in [-0.2, 0) is 9.47 Å². The molecule has 1 heterocycles. The zero-order valence-electron chi connectivity index (χ0n) is 11.6. The second kappa shape index (κ2) is 9.66. The van der Waals surface area contributed by atoms with E-state index in [9.17, 15) is 0 Å². The molecule has 0 aliphatic carbocycles. The maximum absolute atomic E-state index is 9.16. The predicted octanol–water partition coefficient (Wildman–Crippen LogP) is -1.20. The number of aliphatic hydroxyl groups excluding tert-OH is 1. The van der Waals surface area contributed by atoms with Crippen molar-refractivity contribution >= 4 is 0 Å². The maximum Gasteiger partial charge on any atom is 0.128 e. The minimum absolute atomic E-state index is 0.304. The van der Waals surface area contributed by atoms with Crippen LogP contribution in [0.3, 0.4) is 0 Å². The average molecular weight is 261 g/mol. The Labute approximate surface area is 110 Å². The molecule has 1 aliphatic heterocycles. The van der Waals surface area contributed by atoms with Crippen molar-refractivity contribution in [1.29, 1.82) is 0 Å². The highest BCUT2D eigenvalue weighted by atomic mass is 16.5. The summed E-state index contributed by atoms with van der Waals surface area (Å²) in [6.45, 7) is 7.71. The lowest BCUT2D eigenvalue weighted by Crippen LogP contribution is -2.45. The highest BCUT2D eigenvalue weighted by Crippen LogP contribution is 1.98. The Hall–Kier alpha value is -0.240. The third-order valence-corrected chi connectivity index (χ3v) is 3.13. The van der Waals surface area contributed by atoms with Gasteiger partial charge in [-0.25, -0.2) is 0 Å². The smallest absolute Gasteiger partial charge is 0.128 e. The van der Waals surface area contributed by atoms with E-state index in [1.807, 2.05) is 0 Å². The first-order chi connectivity index (χ1) is 8.72. The molecule has 0 saturated carbocycles. The molecule has 2 N–H and O–H groups in total. The third-order valence-electron chi connectivity index (χ3n) is 3.13. The van der Waals surface area contributed by atoms with Crippen molar-refractivity contribution in [3.05, 3.63) is 0 Å². The number of likely N-dealkylation sites (N-methyl/N-ethyl adjacent to an activating group) is 2. The van der Waals surface area contributed by atoms with Crippen molar-refractivity contribution in [2.24, 2.45) is 0 Å². The zero-order chi connectivity index (χ0) is 13.2. The molecule has 1 unspecified atom stereocenters. The van der Waals surface area contributed by atoms with Gasteiger partial charge in [-0.2, -0.15) is 0 Å². The van der Waals surface area contributed by atoms with Crippen LogP contribution in [0, 0.1) is 0 Å². The molecule has 0 aromatic rings. The fourth-order valence-electron chi connectivity index (χ4n) is 1.76. The van der Waals surface area contributed by atoms with Crippen LogP contribution in [0.2, 0.25) is 0 Å². The van der Waals surface area contributed by atoms with Crippen molar-refractivity contribution < 1.29 is 14.6 Å². The van der Waals surface area contributed by atoms with E-state index in [2.05, 4.69) is 22.2 Å². The van der Waals surface area contributed by atoms with E-state index in [0.717, 1.165) is 39.3 Å². The van der Waals surface area contributed by atoms with E-state index in [4.69, 9.17) is 14.6 Å². The lowest BCUT2D eigenvalue weighted by atomic mass is 10.3. The van der Waals surface area contributed by atoms with Crippen molar-refractivity contribution in [2.75, 3.05) is 73.2 Å². The summed E-state index contributed by atoms with van der Waals surface area (Å²) in [5.74, 6) is 0. The van der Waals surface area contributed by atoms with Gasteiger partial charge in [0.15, 0.2) is 0 Å². The summed E-state index contributed by atoms with van der Waals surface area (Å²) in [5.41, 5.74) is 0. The predicted molar refractivity (Wildman–Crippen MR) is 70.6 cm³/mol. The van der Waals surface area contributed by atoms with Gasteiger partial charge in [-0.3, -0.25) is 10.2 Å². The van der Waals surface area contributed by atoms with Gasteiger partial charge in [0, 0.05) is 32.7 Å². The second-order valence-corrected chi connectivity index (χ2v) is 4.64. The first-order valence-corrected chi connectivity index (χ1v) is 6.64. The highest BCUT2D eigenvalue weighted by molar-refractivity contribution is 4.68. The standard InChI is InChI=1S/C12H27N3O3/c1-13-12(16)11-18-10-9-17-8-7-15-5-3-14(2)4-6-15/h12-13,16H,3-11H2,1-2H3. The van der Waals surface area contributed by atoms with Crippen LogP contribution in [0.4, 0.5) is 0 Å². The van der Waals surface area contributed by atoms with E-state index in [1.54, 1.807) is 7.05 Å². The van der Waals surface area contributed by atoms with Crippen molar-refractivity contribution in [3.63, 3.8) is 0 Å². The summed E-state index contributed by atoms with van der Waals surface area (Å²) in [6.07, 6.45) is -0.588. The van der Waals surface area contributed by atoms with Gasteiger partial charge in [-0.05, 0) is 14.1 Å². The van der Waals surface area contributed by atoms with Gasteiger partial charge < -0.3 is 19.5 Å². The minimum atomic E-state index is -0.588. The quantitative estimate of drug-likeness (QED) is 0.402. The van der Waals surface area contributed by atoms with Crippen molar-refractivity contribution in [3.8, 4) is 0 Å². The van der Waals surface area contributed by atoms with Crippen molar-refractivity contribution in [1.82, 2.24) is 15.1 Å². The summed E-state index contributed by atoms with van der Waals surface area (Å²) < 4.78 is 10.7. The minimum Gasteiger partial charge on any atom is -0.378 e. The van der Waals surface area contributed by atoms with Crippen LogP contribution in [0.1, 0.15) is 0 Å². The number of aliphatic hydroxyl groups is 1. The molecule has 1 saturated heterocycles. The Balaban J connectivity index is 1.84. The number of nitrogens with one attached hydrogen (secondary N) is 1. The van der Waals surface area contributed by atoms with Gasteiger partial charge in [0.05, 0.1) is 26.4 Å². The fourth-order valence-corrected chi connectivity index (χ4v) is 1.76.